The molecule has 0 unspecified atom stereocenters. The molecule has 4 nitrogen and oxygen atoms in total. The SMILES string of the molecule is O=C(c1ccc(F)c(F)c1)N1CCN(C(=O)C2CCC2)CC1. The smallest absolute Gasteiger partial charge is 0.254 e. The highest BCUT2D eigenvalue weighted by molar-refractivity contribution is 5.94. The minimum absolute atomic E-state index is 0.137. The fraction of sp³-hybridized carbons (Fsp3) is 0.500. The van der Waals surface area contributed by atoms with Crippen molar-refractivity contribution in [1.82, 2.24) is 9.80 Å². The molecule has 2 aliphatic rings. The second kappa shape index (κ2) is 6.02. The lowest BCUT2D eigenvalue weighted by molar-refractivity contribution is -0.139. The minimum Gasteiger partial charge on any atom is -0.339 e. The maximum Gasteiger partial charge on any atom is 0.254 e. The van der Waals surface area contributed by atoms with Gasteiger partial charge >= 0.3 is 0 Å². The van der Waals surface area contributed by atoms with Crippen LogP contribution in [0, 0.1) is 17.6 Å². The van der Waals surface area contributed by atoms with Gasteiger partial charge in [-0.25, -0.2) is 8.78 Å². The number of nitrogens with zero attached hydrogens (tertiary/aromatic N) is 2. The molecular formula is C16H18F2N2O2. The van der Waals surface area contributed by atoms with E-state index in [1.54, 1.807) is 9.80 Å². The zero-order valence-corrected chi connectivity index (χ0v) is 12.2. The van der Waals surface area contributed by atoms with Gasteiger partial charge in [-0.1, -0.05) is 6.42 Å². The summed E-state index contributed by atoms with van der Waals surface area (Å²) in [6.45, 7) is 1.86. The minimum atomic E-state index is -1.02. The van der Waals surface area contributed by atoms with Crippen molar-refractivity contribution in [3.63, 3.8) is 0 Å². The van der Waals surface area contributed by atoms with Crippen LogP contribution < -0.4 is 0 Å². The molecular weight excluding hydrogens is 290 g/mol. The molecule has 1 aromatic rings. The molecule has 0 radical (unpaired) electrons. The maximum atomic E-state index is 13.2. The molecule has 22 heavy (non-hydrogen) atoms. The van der Waals surface area contributed by atoms with Gasteiger partial charge in [0.1, 0.15) is 0 Å². The first-order valence-corrected chi connectivity index (χ1v) is 7.59. The van der Waals surface area contributed by atoms with Gasteiger partial charge in [-0.15, -0.1) is 0 Å². The second-order valence-electron chi connectivity index (χ2n) is 5.87. The topological polar surface area (TPSA) is 40.6 Å². The van der Waals surface area contributed by atoms with Crippen LogP contribution in [0.15, 0.2) is 18.2 Å². The van der Waals surface area contributed by atoms with Gasteiger partial charge in [0, 0.05) is 37.7 Å². The molecule has 1 aliphatic heterocycles. The Morgan fingerprint density at radius 3 is 2.14 bits per heavy atom. The fourth-order valence-electron chi connectivity index (χ4n) is 2.86. The summed E-state index contributed by atoms with van der Waals surface area (Å²) >= 11 is 0. The normalized spacial score (nSPS) is 19.0. The van der Waals surface area contributed by atoms with Crippen LogP contribution in [0.4, 0.5) is 8.78 Å². The first-order valence-electron chi connectivity index (χ1n) is 7.59. The summed E-state index contributed by atoms with van der Waals surface area (Å²) < 4.78 is 26.1. The fourth-order valence-corrected chi connectivity index (χ4v) is 2.86. The molecule has 3 rings (SSSR count). The molecule has 1 heterocycles. The lowest BCUT2D eigenvalue weighted by Crippen LogP contribution is -2.52. The average molecular weight is 308 g/mol. The molecule has 1 aromatic carbocycles. The molecule has 118 valence electrons. The maximum absolute atomic E-state index is 13.2. The summed E-state index contributed by atoms with van der Waals surface area (Å²) in [6.07, 6.45) is 3.05. The number of carbonyl (C=O) groups is 2. The van der Waals surface area contributed by atoms with Crippen LogP contribution in [0.5, 0.6) is 0 Å². The van der Waals surface area contributed by atoms with Crippen molar-refractivity contribution >= 4 is 11.8 Å². The number of carbonyl (C=O) groups excluding carboxylic acids is 2. The van der Waals surface area contributed by atoms with Gasteiger partial charge < -0.3 is 9.80 Å². The summed E-state index contributed by atoms with van der Waals surface area (Å²) in [5.41, 5.74) is 0.137. The third kappa shape index (κ3) is 2.82. The number of halogens is 2. The van der Waals surface area contributed by atoms with Crippen LogP contribution >= 0.6 is 0 Å². The molecule has 1 aliphatic carbocycles. The van der Waals surface area contributed by atoms with E-state index in [0.717, 1.165) is 31.4 Å². The van der Waals surface area contributed by atoms with E-state index in [0.29, 0.717) is 26.2 Å². The summed E-state index contributed by atoms with van der Waals surface area (Å²) in [5.74, 6) is -1.97. The van der Waals surface area contributed by atoms with Gasteiger partial charge in [0.25, 0.3) is 5.91 Å². The largest absolute Gasteiger partial charge is 0.339 e. The molecule has 0 spiro atoms. The number of benzene rings is 1. The Morgan fingerprint density at radius 1 is 0.955 bits per heavy atom. The molecule has 0 N–H and O–H groups in total. The standard InChI is InChI=1S/C16H18F2N2O2/c17-13-5-4-12(10-14(13)18)16(22)20-8-6-19(7-9-20)15(21)11-2-1-3-11/h4-5,10-11H,1-3,6-9H2. The zero-order chi connectivity index (χ0) is 15.7. The number of hydrogen-bond acceptors (Lipinski definition) is 2. The van der Waals surface area contributed by atoms with Crippen molar-refractivity contribution in [3.8, 4) is 0 Å². The Morgan fingerprint density at radius 2 is 1.59 bits per heavy atom. The van der Waals surface area contributed by atoms with Crippen molar-refractivity contribution in [1.29, 1.82) is 0 Å². The quantitative estimate of drug-likeness (QED) is 0.839. The predicted molar refractivity (Wildman–Crippen MR) is 76.2 cm³/mol. The van der Waals surface area contributed by atoms with Crippen LogP contribution in [-0.2, 0) is 4.79 Å². The van der Waals surface area contributed by atoms with E-state index < -0.39 is 11.6 Å². The molecule has 2 fully saturated rings. The van der Waals surface area contributed by atoms with Gasteiger partial charge in [0.15, 0.2) is 11.6 Å². The van der Waals surface area contributed by atoms with Crippen LogP contribution in [0.2, 0.25) is 0 Å². The Hall–Kier alpha value is -1.98. The van der Waals surface area contributed by atoms with Crippen molar-refractivity contribution in [3.05, 3.63) is 35.4 Å². The summed E-state index contributed by atoms with van der Waals surface area (Å²) in [5, 5.41) is 0. The van der Waals surface area contributed by atoms with E-state index >= 15 is 0 Å². The van der Waals surface area contributed by atoms with Gasteiger partial charge in [0.05, 0.1) is 0 Å². The Balaban J connectivity index is 1.59. The summed E-state index contributed by atoms with van der Waals surface area (Å²) in [6, 6.07) is 3.16. The van der Waals surface area contributed by atoms with E-state index in [1.165, 1.54) is 6.07 Å². The van der Waals surface area contributed by atoms with Crippen molar-refractivity contribution < 1.29 is 18.4 Å². The first kappa shape index (κ1) is 14.9. The van der Waals surface area contributed by atoms with Crippen LogP contribution in [0.25, 0.3) is 0 Å². The molecule has 0 aromatic heterocycles. The molecule has 0 bridgehead atoms. The van der Waals surface area contributed by atoms with E-state index in [2.05, 4.69) is 0 Å². The highest BCUT2D eigenvalue weighted by Gasteiger charge is 2.32. The Bertz CT molecular complexity index is 594. The summed E-state index contributed by atoms with van der Waals surface area (Å²) in [7, 11) is 0. The van der Waals surface area contributed by atoms with Gasteiger partial charge in [0.2, 0.25) is 5.91 Å². The van der Waals surface area contributed by atoms with Gasteiger partial charge in [-0.05, 0) is 31.0 Å². The lowest BCUT2D eigenvalue weighted by Gasteiger charge is -2.38. The van der Waals surface area contributed by atoms with Crippen molar-refractivity contribution in [2.75, 3.05) is 26.2 Å². The second-order valence-corrected chi connectivity index (χ2v) is 5.87. The molecule has 1 saturated carbocycles. The highest BCUT2D eigenvalue weighted by atomic mass is 19.2. The number of piperazine rings is 1. The van der Waals surface area contributed by atoms with Crippen LogP contribution in [-0.4, -0.2) is 47.8 Å². The van der Waals surface area contributed by atoms with Gasteiger partial charge in [-0.2, -0.15) is 0 Å². The monoisotopic (exact) mass is 308 g/mol. The predicted octanol–water partition coefficient (Wildman–Crippen LogP) is 2.05. The third-order valence-corrected chi connectivity index (χ3v) is 4.50. The Kier molecular flexibility index (Phi) is 4.09. The zero-order valence-electron chi connectivity index (χ0n) is 12.2. The van der Waals surface area contributed by atoms with E-state index in [1.807, 2.05) is 0 Å². The van der Waals surface area contributed by atoms with Crippen molar-refractivity contribution in [2.24, 2.45) is 5.92 Å². The molecule has 1 saturated heterocycles. The Labute approximate surface area is 127 Å². The summed E-state index contributed by atoms with van der Waals surface area (Å²) in [4.78, 5) is 27.8. The van der Waals surface area contributed by atoms with E-state index in [9.17, 15) is 18.4 Å². The number of amides is 2. The average Bonchev–Trinajstić information content (AvgIpc) is 2.48. The van der Waals surface area contributed by atoms with Crippen LogP contribution in [0.3, 0.4) is 0 Å². The number of hydrogen-bond donors (Lipinski definition) is 0. The first-order chi connectivity index (χ1) is 10.6. The van der Waals surface area contributed by atoms with Gasteiger partial charge in [-0.3, -0.25) is 9.59 Å². The molecule has 0 atom stereocenters. The van der Waals surface area contributed by atoms with Crippen LogP contribution in [0.1, 0.15) is 29.6 Å². The number of rotatable bonds is 2. The molecule has 6 heteroatoms. The van der Waals surface area contributed by atoms with E-state index in [4.69, 9.17) is 0 Å². The third-order valence-electron chi connectivity index (χ3n) is 4.50. The molecule has 2 amide bonds. The lowest BCUT2D eigenvalue weighted by atomic mass is 9.84. The van der Waals surface area contributed by atoms with E-state index in [-0.39, 0.29) is 23.3 Å². The van der Waals surface area contributed by atoms with Crippen molar-refractivity contribution in [2.45, 2.75) is 19.3 Å². The highest BCUT2D eigenvalue weighted by Crippen LogP contribution is 2.28.